The lowest BCUT2D eigenvalue weighted by atomic mass is 9.91. The minimum Gasteiger partial charge on any atom is -0.459 e. The van der Waals surface area contributed by atoms with E-state index in [2.05, 4.69) is 16.0 Å². The fraction of sp³-hybridized carbons (Fsp3) is 0.207. The standard InChI is InChI=1S/C29H27Cl2N3O4/c1-18(35)32-12-11-19-7-9-23(10-8-19)33-27(36)14-21-13-26(29(37)38-17-20-5-3-2-4-6-20)34-25-16-22(30)15-24(31)28(21)25/h2-10,14-16,26,34H,11-13,17H2,1H3,(H,32,35)(H,33,36)/b21-14+. The molecule has 1 atom stereocenters. The zero-order valence-corrected chi connectivity index (χ0v) is 22.2. The van der Waals surface area contributed by atoms with Gasteiger partial charge in [0, 0.05) is 47.9 Å². The molecule has 1 unspecified atom stereocenters. The zero-order valence-electron chi connectivity index (χ0n) is 20.7. The number of hydrogen-bond donors (Lipinski definition) is 3. The first-order valence-electron chi connectivity index (χ1n) is 12.1. The summed E-state index contributed by atoms with van der Waals surface area (Å²) in [6.07, 6.45) is 2.34. The van der Waals surface area contributed by atoms with Gasteiger partial charge in [-0.25, -0.2) is 4.79 Å². The van der Waals surface area contributed by atoms with Gasteiger partial charge in [-0.2, -0.15) is 0 Å². The molecule has 0 fully saturated rings. The Hall–Kier alpha value is -3.81. The van der Waals surface area contributed by atoms with Gasteiger partial charge in [0.25, 0.3) is 0 Å². The third-order valence-electron chi connectivity index (χ3n) is 5.95. The first kappa shape index (κ1) is 27.2. The second kappa shape index (κ2) is 12.6. The second-order valence-corrected chi connectivity index (χ2v) is 9.74. The molecule has 7 nitrogen and oxygen atoms in total. The molecular formula is C29H27Cl2N3O4. The van der Waals surface area contributed by atoms with Crippen LogP contribution in [0.4, 0.5) is 11.4 Å². The molecule has 2 amide bonds. The Morgan fingerprint density at radius 1 is 1.03 bits per heavy atom. The maximum Gasteiger partial charge on any atom is 0.329 e. The molecule has 0 saturated heterocycles. The Kier molecular flexibility index (Phi) is 9.05. The van der Waals surface area contributed by atoms with E-state index in [1.807, 2.05) is 42.5 Å². The summed E-state index contributed by atoms with van der Waals surface area (Å²) < 4.78 is 5.53. The van der Waals surface area contributed by atoms with Crippen molar-refractivity contribution in [2.45, 2.75) is 32.4 Å². The van der Waals surface area contributed by atoms with Crippen LogP contribution >= 0.6 is 23.2 Å². The smallest absolute Gasteiger partial charge is 0.329 e. The van der Waals surface area contributed by atoms with E-state index in [0.717, 1.165) is 11.1 Å². The Morgan fingerprint density at radius 3 is 2.47 bits per heavy atom. The van der Waals surface area contributed by atoms with Gasteiger partial charge in [-0.05, 0) is 47.4 Å². The van der Waals surface area contributed by atoms with Gasteiger partial charge in [0.15, 0.2) is 0 Å². The van der Waals surface area contributed by atoms with Crippen LogP contribution in [0.3, 0.4) is 0 Å². The number of halogens is 2. The van der Waals surface area contributed by atoms with Crippen molar-refractivity contribution in [1.29, 1.82) is 0 Å². The monoisotopic (exact) mass is 551 g/mol. The molecule has 0 spiro atoms. The minimum absolute atomic E-state index is 0.0736. The summed E-state index contributed by atoms with van der Waals surface area (Å²) in [5.74, 6) is -0.881. The second-order valence-electron chi connectivity index (χ2n) is 8.89. The van der Waals surface area contributed by atoms with E-state index in [1.165, 1.54) is 13.0 Å². The van der Waals surface area contributed by atoms with Crippen molar-refractivity contribution in [3.63, 3.8) is 0 Å². The minimum atomic E-state index is -0.720. The van der Waals surface area contributed by atoms with Gasteiger partial charge in [-0.3, -0.25) is 9.59 Å². The average molecular weight is 552 g/mol. The Bertz CT molecular complexity index is 1360. The van der Waals surface area contributed by atoms with Crippen molar-refractivity contribution in [2.75, 3.05) is 17.2 Å². The van der Waals surface area contributed by atoms with Crippen LogP contribution in [0.25, 0.3) is 5.57 Å². The predicted molar refractivity (Wildman–Crippen MR) is 150 cm³/mol. The van der Waals surface area contributed by atoms with Crippen molar-refractivity contribution in [1.82, 2.24) is 5.32 Å². The maximum atomic E-state index is 12.9. The number of carbonyl (C=O) groups excluding carboxylic acids is 3. The van der Waals surface area contributed by atoms with E-state index < -0.39 is 12.0 Å². The largest absolute Gasteiger partial charge is 0.459 e. The molecule has 3 aromatic carbocycles. The number of nitrogens with one attached hydrogen (secondary N) is 3. The molecule has 3 aromatic rings. The lowest BCUT2D eigenvalue weighted by Crippen LogP contribution is -2.35. The van der Waals surface area contributed by atoms with Crippen LogP contribution in [0.5, 0.6) is 0 Å². The summed E-state index contributed by atoms with van der Waals surface area (Å²) >= 11 is 12.7. The van der Waals surface area contributed by atoms with E-state index in [-0.39, 0.29) is 24.8 Å². The SMILES string of the molecule is CC(=O)NCCc1ccc(NC(=O)/C=C2\CC(C(=O)OCc3ccccc3)Nc3cc(Cl)cc(Cl)c32)cc1. The number of benzene rings is 3. The van der Waals surface area contributed by atoms with Crippen LogP contribution in [-0.4, -0.2) is 30.4 Å². The number of esters is 1. The molecule has 0 saturated carbocycles. The fourth-order valence-electron chi connectivity index (χ4n) is 4.15. The van der Waals surface area contributed by atoms with Crippen LogP contribution in [0, 0.1) is 0 Å². The highest BCUT2D eigenvalue weighted by atomic mass is 35.5. The molecular weight excluding hydrogens is 525 g/mol. The number of fused-ring (bicyclic) bond motifs is 1. The van der Waals surface area contributed by atoms with Crippen molar-refractivity contribution >= 4 is 57.9 Å². The number of amides is 2. The Morgan fingerprint density at radius 2 is 1.76 bits per heavy atom. The molecule has 0 radical (unpaired) electrons. The highest BCUT2D eigenvalue weighted by Gasteiger charge is 2.30. The van der Waals surface area contributed by atoms with Gasteiger partial charge in [-0.1, -0.05) is 65.7 Å². The van der Waals surface area contributed by atoms with E-state index >= 15 is 0 Å². The molecule has 196 valence electrons. The summed E-state index contributed by atoms with van der Waals surface area (Å²) in [7, 11) is 0. The quantitative estimate of drug-likeness (QED) is 0.249. The lowest BCUT2D eigenvalue weighted by molar-refractivity contribution is -0.145. The van der Waals surface area contributed by atoms with Gasteiger partial charge in [-0.15, -0.1) is 0 Å². The van der Waals surface area contributed by atoms with Crippen LogP contribution < -0.4 is 16.0 Å². The number of carbonyl (C=O) groups is 3. The zero-order chi connectivity index (χ0) is 27.1. The fourth-order valence-corrected chi connectivity index (χ4v) is 4.77. The summed E-state index contributed by atoms with van der Waals surface area (Å²) in [6, 6.07) is 19.3. The van der Waals surface area contributed by atoms with Gasteiger partial charge < -0.3 is 20.7 Å². The summed E-state index contributed by atoms with van der Waals surface area (Å²) in [4.78, 5) is 36.9. The van der Waals surface area contributed by atoms with Crippen molar-refractivity contribution in [3.05, 3.63) is 99.5 Å². The Labute approximate surface area is 231 Å². The van der Waals surface area contributed by atoms with Crippen molar-refractivity contribution < 1.29 is 19.1 Å². The van der Waals surface area contributed by atoms with E-state index in [9.17, 15) is 14.4 Å². The van der Waals surface area contributed by atoms with Gasteiger partial charge >= 0.3 is 5.97 Å². The first-order valence-corrected chi connectivity index (χ1v) is 12.9. The summed E-state index contributed by atoms with van der Waals surface area (Å²) in [5, 5.41) is 9.54. The highest BCUT2D eigenvalue weighted by molar-refractivity contribution is 6.36. The molecule has 0 aromatic heterocycles. The lowest BCUT2D eigenvalue weighted by Gasteiger charge is -2.28. The molecule has 0 bridgehead atoms. The number of ether oxygens (including phenoxy) is 1. The number of hydrogen-bond acceptors (Lipinski definition) is 5. The van der Waals surface area contributed by atoms with Crippen molar-refractivity contribution in [2.24, 2.45) is 0 Å². The Balaban J connectivity index is 1.48. The molecule has 9 heteroatoms. The van der Waals surface area contributed by atoms with E-state index in [1.54, 1.807) is 24.3 Å². The molecule has 38 heavy (non-hydrogen) atoms. The number of rotatable bonds is 8. The highest BCUT2D eigenvalue weighted by Crippen LogP contribution is 2.40. The average Bonchev–Trinajstić information content (AvgIpc) is 2.88. The topological polar surface area (TPSA) is 96.5 Å². The van der Waals surface area contributed by atoms with Gasteiger partial charge in [0.05, 0.1) is 5.02 Å². The molecule has 0 aliphatic carbocycles. The van der Waals surface area contributed by atoms with E-state index in [4.69, 9.17) is 27.9 Å². The molecule has 3 N–H and O–H groups in total. The maximum absolute atomic E-state index is 12.9. The molecule has 1 heterocycles. The summed E-state index contributed by atoms with van der Waals surface area (Å²) in [6.45, 7) is 2.16. The molecule has 4 rings (SSSR count). The predicted octanol–water partition coefficient (Wildman–Crippen LogP) is 5.62. The third kappa shape index (κ3) is 7.37. The summed E-state index contributed by atoms with van der Waals surface area (Å²) in [5.41, 5.74) is 4.28. The molecule has 1 aliphatic rings. The van der Waals surface area contributed by atoms with Crippen molar-refractivity contribution in [3.8, 4) is 0 Å². The molecule has 1 aliphatic heterocycles. The normalized spacial score (nSPS) is 15.2. The van der Waals surface area contributed by atoms with E-state index in [0.29, 0.717) is 45.5 Å². The van der Waals surface area contributed by atoms with Crippen LogP contribution in [0.2, 0.25) is 10.0 Å². The first-order chi connectivity index (χ1) is 18.3. The van der Waals surface area contributed by atoms with Crippen LogP contribution in [0.1, 0.15) is 30.0 Å². The van der Waals surface area contributed by atoms with Crippen LogP contribution in [-0.2, 0) is 32.1 Å². The third-order valence-corrected chi connectivity index (χ3v) is 6.47. The van der Waals surface area contributed by atoms with Gasteiger partial charge in [0.2, 0.25) is 11.8 Å². The van der Waals surface area contributed by atoms with Gasteiger partial charge in [0.1, 0.15) is 12.6 Å². The number of anilines is 2. The van der Waals surface area contributed by atoms with Crippen LogP contribution in [0.15, 0.2) is 72.8 Å².